The van der Waals surface area contributed by atoms with E-state index in [1.165, 1.54) is 34.7 Å². The molecule has 2 amide bonds. The number of rotatable bonds is 7. The van der Waals surface area contributed by atoms with Gasteiger partial charge in [0.15, 0.2) is 0 Å². The number of nitrogens with one attached hydrogen (secondary N) is 2. The highest BCUT2D eigenvalue weighted by Crippen LogP contribution is 2.28. The van der Waals surface area contributed by atoms with Crippen LogP contribution in [0, 0.1) is 0 Å². The fourth-order valence-corrected chi connectivity index (χ4v) is 2.23. The van der Waals surface area contributed by atoms with Crippen LogP contribution in [-0.4, -0.2) is 46.5 Å². The smallest absolute Gasteiger partial charge is 0.329 e. The van der Waals surface area contributed by atoms with Gasteiger partial charge < -0.3 is 24.3 Å². The van der Waals surface area contributed by atoms with Gasteiger partial charge in [-0.2, -0.15) is 5.10 Å². The highest BCUT2D eigenvalue weighted by Gasteiger charge is 2.16. The van der Waals surface area contributed by atoms with Gasteiger partial charge in [0.2, 0.25) is 0 Å². The van der Waals surface area contributed by atoms with Crippen molar-refractivity contribution in [3.8, 4) is 23.0 Å². The van der Waals surface area contributed by atoms with Crippen LogP contribution in [0.3, 0.4) is 0 Å². The van der Waals surface area contributed by atoms with E-state index in [9.17, 15) is 9.59 Å². The van der Waals surface area contributed by atoms with Crippen LogP contribution in [0.25, 0.3) is 0 Å². The van der Waals surface area contributed by atoms with E-state index in [-0.39, 0.29) is 0 Å². The molecule has 2 aromatic carbocycles. The van der Waals surface area contributed by atoms with E-state index in [1.807, 2.05) is 0 Å². The minimum atomic E-state index is -0.948. The van der Waals surface area contributed by atoms with E-state index in [1.54, 1.807) is 36.4 Å². The Labute approximate surface area is 162 Å². The second kappa shape index (κ2) is 9.81. The first-order valence-electron chi connectivity index (χ1n) is 8.10. The number of carbonyl (C=O) groups excluding carboxylic acids is 2. The zero-order valence-corrected chi connectivity index (χ0v) is 15.9. The molecular weight excluding hydrogens is 366 g/mol. The third kappa shape index (κ3) is 5.13. The molecule has 2 aromatic rings. The van der Waals surface area contributed by atoms with E-state index in [4.69, 9.17) is 18.9 Å². The van der Waals surface area contributed by atoms with Crippen LogP contribution in [-0.2, 0) is 9.59 Å². The summed E-state index contributed by atoms with van der Waals surface area (Å²) in [4.78, 5) is 24.1. The molecule has 0 bridgehead atoms. The largest absolute Gasteiger partial charge is 0.497 e. The summed E-state index contributed by atoms with van der Waals surface area (Å²) in [5, 5.41) is 6.24. The number of hydrogen-bond acceptors (Lipinski definition) is 7. The summed E-state index contributed by atoms with van der Waals surface area (Å²) in [7, 11) is 5.99. The van der Waals surface area contributed by atoms with Gasteiger partial charge in [-0.3, -0.25) is 9.59 Å². The lowest BCUT2D eigenvalue weighted by molar-refractivity contribution is -0.136. The number of anilines is 1. The van der Waals surface area contributed by atoms with Gasteiger partial charge in [0.1, 0.15) is 23.0 Å². The second-order valence-electron chi connectivity index (χ2n) is 5.33. The average Bonchev–Trinajstić information content (AvgIpc) is 2.73. The van der Waals surface area contributed by atoms with Gasteiger partial charge in [-0.05, 0) is 30.3 Å². The Bertz CT molecular complexity index is 882. The van der Waals surface area contributed by atoms with E-state index < -0.39 is 11.8 Å². The SMILES string of the molecule is COc1ccc(OC)c(C=NNC(=O)C(=O)Nc2ccc(OC)cc2OC)c1. The van der Waals surface area contributed by atoms with E-state index in [2.05, 4.69) is 15.8 Å². The zero-order valence-electron chi connectivity index (χ0n) is 15.9. The normalized spacial score (nSPS) is 10.3. The molecule has 0 saturated carbocycles. The summed E-state index contributed by atoms with van der Waals surface area (Å²) >= 11 is 0. The lowest BCUT2D eigenvalue weighted by Gasteiger charge is -2.11. The molecule has 9 heteroatoms. The van der Waals surface area contributed by atoms with Crippen LogP contribution in [0.5, 0.6) is 23.0 Å². The van der Waals surface area contributed by atoms with Crippen molar-refractivity contribution >= 4 is 23.7 Å². The fourth-order valence-electron chi connectivity index (χ4n) is 2.23. The molecule has 0 aliphatic carbocycles. The zero-order chi connectivity index (χ0) is 20.5. The van der Waals surface area contributed by atoms with Crippen LogP contribution >= 0.6 is 0 Å². The van der Waals surface area contributed by atoms with Gasteiger partial charge in [-0.1, -0.05) is 0 Å². The van der Waals surface area contributed by atoms with Crippen molar-refractivity contribution in [2.24, 2.45) is 5.10 Å². The lowest BCUT2D eigenvalue weighted by Crippen LogP contribution is -2.32. The van der Waals surface area contributed by atoms with Crippen molar-refractivity contribution in [2.75, 3.05) is 33.8 Å². The third-order valence-corrected chi connectivity index (χ3v) is 3.67. The summed E-state index contributed by atoms with van der Waals surface area (Å²) in [6.07, 6.45) is 1.35. The van der Waals surface area contributed by atoms with Crippen LogP contribution in [0.2, 0.25) is 0 Å². The van der Waals surface area contributed by atoms with Crippen LogP contribution in [0.4, 0.5) is 5.69 Å². The number of amides is 2. The summed E-state index contributed by atoms with van der Waals surface area (Å²) in [6, 6.07) is 9.88. The summed E-state index contributed by atoms with van der Waals surface area (Å²) < 4.78 is 20.6. The van der Waals surface area contributed by atoms with E-state index in [0.29, 0.717) is 34.2 Å². The van der Waals surface area contributed by atoms with Crippen molar-refractivity contribution < 1.29 is 28.5 Å². The predicted molar refractivity (Wildman–Crippen MR) is 103 cm³/mol. The van der Waals surface area contributed by atoms with Crippen LogP contribution < -0.4 is 29.7 Å². The van der Waals surface area contributed by atoms with Crippen molar-refractivity contribution in [3.63, 3.8) is 0 Å². The average molecular weight is 387 g/mol. The number of ether oxygens (including phenoxy) is 4. The Hall–Kier alpha value is -3.75. The molecule has 0 atom stereocenters. The first-order valence-corrected chi connectivity index (χ1v) is 8.10. The molecule has 0 heterocycles. The summed E-state index contributed by atoms with van der Waals surface area (Å²) in [5.41, 5.74) is 3.05. The van der Waals surface area contributed by atoms with Crippen LogP contribution in [0.1, 0.15) is 5.56 Å². The van der Waals surface area contributed by atoms with Gasteiger partial charge in [0.25, 0.3) is 0 Å². The molecule has 2 N–H and O–H groups in total. The molecule has 0 aliphatic rings. The molecule has 0 aromatic heterocycles. The maximum Gasteiger partial charge on any atom is 0.329 e. The second-order valence-corrected chi connectivity index (χ2v) is 5.33. The van der Waals surface area contributed by atoms with Gasteiger partial charge in [0.05, 0.1) is 40.3 Å². The van der Waals surface area contributed by atoms with Crippen molar-refractivity contribution in [1.29, 1.82) is 0 Å². The monoisotopic (exact) mass is 387 g/mol. The van der Waals surface area contributed by atoms with Gasteiger partial charge in [-0.25, -0.2) is 5.43 Å². The lowest BCUT2D eigenvalue weighted by atomic mass is 10.2. The minimum Gasteiger partial charge on any atom is -0.497 e. The fraction of sp³-hybridized carbons (Fsp3) is 0.211. The Kier molecular flexibility index (Phi) is 7.21. The Morgan fingerprint density at radius 2 is 1.46 bits per heavy atom. The third-order valence-electron chi connectivity index (χ3n) is 3.67. The molecule has 28 heavy (non-hydrogen) atoms. The minimum absolute atomic E-state index is 0.321. The number of benzene rings is 2. The molecule has 0 radical (unpaired) electrons. The number of methoxy groups -OCH3 is 4. The topological polar surface area (TPSA) is 107 Å². The van der Waals surface area contributed by atoms with E-state index in [0.717, 1.165) is 0 Å². The van der Waals surface area contributed by atoms with Gasteiger partial charge >= 0.3 is 11.8 Å². The van der Waals surface area contributed by atoms with Crippen molar-refractivity contribution in [2.45, 2.75) is 0 Å². The molecule has 0 aliphatic heterocycles. The molecule has 0 saturated heterocycles. The highest BCUT2D eigenvalue weighted by molar-refractivity contribution is 6.39. The number of hydrogen-bond donors (Lipinski definition) is 2. The van der Waals surface area contributed by atoms with Gasteiger partial charge in [0, 0.05) is 11.6 Å². The molecule has 0 unspecified atom stereocenters. The number of nitrogens with zero attached hydrogens (tertiary/aromatic N) is 1. The quantitative estimate of drug-likeness (QED) is 0.426. The first kappa shape index (κ1) is 20.6. The maximum atomic E-state index is 12.1. The summed E-state index contributed by atoms with van der Waals surface area (Å²) in [5.74, 6) is 0.180. The molecule has 9 nitrogen and oxygen atoms in total. The molecule has 0 spiro atoms. The molecule has 0 fully saturated rings. The Morgan fingerprint density at radius 3 is 2.11 bits per heavy atom. The van der Waals surface area contributed by atoms with Crippen molar-refractivity contribution in [1.82, 2.24) is 5.43 Å². The van der Waals surface area contributed by atoms with E-state index >= 15 is 0 Å². The Morgan fingerprint density at radius 1 is 0.821 bits per heavy atom. The standard InChI is InChI=1S/C19H21N3O6/c1-25-13-6-8-16(27-3)12(9-13)11-20-22-19(24)18(23)21-15-7-5-14(26-2)10-17(15)28-4/h5-11H,1-4H3,(H,21,23)(H,22,24). The molecule has 2 rings (SSSR count). The maximum absolute atomic E-state index is 12.1. The molecule has 148 valence electrons. The predicted octanol–water partition coefficient (Wildman–Crippen LogP) is 1.81. The van der Waals surface area contributed by atoms with Crippen molar-refractivity contribution in [3.05, 3.63) is 42.0 Å². The summed E-state index contributed by atoms with van der Waals surface area (Å²) in [6.45, 7) is 0. The molecular formula is C19H21N3O6. The Balaban J connectivity index is 2.03. The number of carbonyl (C=O) groups is 2. The number of hydrazone groups is 1. The van der Waals surface area contributed by atoms with Crippen LogP contribution in [0.15, 0.2) is 41.5 Å². The first-order chi connectivity index (χ1) is 13.5. The highest BCUT2D eigenvalue weighted by atomic mass is 16.5. The van der Waals surface area contributed by atoms with Gasteiger partial charge in [-0.15, -0.1) is 0 Å².